The third kappa shape index (κ3) is 1.99. The lowest BCUT2D eigenvalue weighted by atomic mass is 10.1. The highest BCUT2D eigenvalue weighted by atomic mass is 35.5. The van der Waals surface area contributed by atoms with Crippen LogP contribution in [0.1, 0.15) is 11.1 Å². The third-order valence-corrected chi connectivity index (χ3v) is 2.13. The first kappa shape index (κ1) is 11.3. The number of rotatable bonds is 1. The highest BCUT2D eigenvalue weighted by molar-refractivity contribution is 6.32. The van der Waals surface area contributed by atoms with Crippen LogP contribution < -0.4 is 5.73 Å². The Bertz CT molecular complexity index is 348. The van der Waals surface area contributed by atoms with Gasteiger partial charge in [-0.2, -0.15) is 13.2 Å². The van der Waals surface area contributed by atoms with E-state index >= 15 is 0 Å². The number of alkyl halides is 3. The number of hydrogen-bond donors (Lipinski definition) is 1. The van der Waals surface area contributed by atoms with E-state index in [0.29, 0.717) is 12.1 Å². The van der Waals surface area contributed by atoms with E-state index in [0.717, 1.165) is 0 Å². The summed E-state index contributed by atoms with van der Waals surface area (Å²) in [6, 6.07) is 1.30. The fraction of sp³-hybridized carbons (Fsp3) is 0.250. The lowest BCUT2D eigenvalue weighted by molar-refractivity contribution is -0.137. The SMILES string of the molecule is NCc1c(F)ccc(C(F)(F)F)c1Cl. The summed E-state index contributed by atoms with van der Waals surface area (Å²) in [6.07, 6.45) is -4.59. The van der Waals surface area contributed by atoms with Crippen LogP contribution in [-0.4, -0.2) is 0 Å². The number of nitrogens with two attached hydrogens (primary N) is 1. The van der Waals surface area contributed by atoms with Gasteiger partial charge in [0.25, 0.3) is 0 Å². The predicted molar refractivity (Wildman–Crippen MR) is 44.3 cm³/mol. The van der Waals surface area contributed by atoms with E-state index in [1.165, 1.54) is 0 Å². The summed E-state index contributed by atoms with van der Waals surface area (Å²) in [4.78, 5) is 0. The van der Waals surface area contributed by atoms with E-state index in [9.17, 15) is 17.6 Å². The van der Waals surface area contributed by atoms with Crippen LogP contribution in [0.2, 0.25) is 5.02 Å². The molecule has 1 aromatic carbocycles. The third-order valence-electron chi connectivity index (χ3n) is 1.70. The van der Waals surface area contributed by atoms with Crippen molar-refractivity contribution in [3.05, 3.63) is 34.1 Å². The monoisotopic (exact) mass is 227 g/mol. The van der Waals surface area contributed by atoms with Gasteiger partial charge in [0, 0.05) is 12.1 Å². The summed E-state index contributed by atoms with van der Waals surface area (Å²) in [5, 5.41) is -0.667. The van der Waals surface area contributed by atoms with Gasteiger partial charge in [-0.3, -0.25) is 0 Å². The Hall–Kier alpha value is -0.810. The maximum atomic E-state index is 12.9. The van der Waals surface area contributed by atoms with Crippen molar-refractivity contribution < 1.29 is 17.6 Å². The average molecular weight is 228 g/mol. The van der Waals surface area contributed by atoms with Gasteiger partial charge >= 0.3 is 6.18 Å². The summed E-state index contributed by atoms with van der Waals surface area (Å²) < 4.78 is 49.6. The molecule has 1 nitrogen and oxygen atoms in total. The van der Waals surface area contributed by atoms with Crippen molar-refractivity contribution in [1.82, 2.24) is 0 Å². The fourth-order valence-electron chi connectivity index (χ4n) is 1.00. The smallest absolute Gasteiger partial charge is 0.326 e. The van der Waals surface area contributed by atoms with Crippen molar-refractivity contribution in [2.75, 3.05) is 0 Å². The first-order valence-corrected chi connectivity index (χ1v) is 4.00. The van der Waals surface area contributed by atoms with E-state index in [-0.39, 0.29) is 12.1 Å². The zero-order chi connectivity index (χ0) is 10.9. The first-order chi connectivity index (χ1) is 6.38. The molecule has 0 heterocycles. The van der Waals surface area contributed by atoms with Gasteiger partial charge in [0.2, 0.25) is 0 Å². The lowest BCUT2D eigenvalue weighted by Crippen LogP contribution is -2.10. The van der Waals surface area contributed by atoms with E-state index in [2.05, 4.69) is 0 Å². The first-order valence-electron chi connectivity index (χ1n) is 3.62. The Morgan fingerprint density at radius 3 is 2.29 bits per heavy atom. The van der Waals surface area contributed by atoms with Crippen molar-refractivity contribution in [2.24, 2.45) is 5.73 Å². The van der Waals surface area contributed by atoms with E-state index in [4.69, 9.17) is 17.3 Å². The molecule has 1 rings (SSSR count). The largest absolute Gasteiger partial charge is 0.417 e. The summed E-state index contributed by atoms with van der Waals surface area (Å²) >= 11 is 5.36. The van der Waals surface area contributed by atoms with E-state index < -0.39 is 22.6 Å². The van der Waals surface area contributed by atoms with Gasteiger partial charge in [-0.1, -0.05) is 11.6 Å². The Balaban J connectivity index is 3.36. The second-order valence-electron chi connectivity index (χ2n) is 2.59. The molecule has 1 aromatic rings. The van der Waals surface area contributed by atoms with Crippen LogP contribution in [0.4, 0.5) is 17.6 Å². The van der Waals surface area contributed by atoms with Gasteiger partial charge in [-0.25, -0.2) is 4.39 Å². The van der Waals surface area contributed by atoms with Crippen molar-refractivity contribution >= 4 is 11.6 Å². The Morgan fingerprint density at radius 1 is 1.29 bits per heavy atom. The topological polar surface area (TPSA) is 26.0 Å². The molecule has 0 aliphatic heterocycles. The van der Waals surface area contributed by atoms with Gasteiger partial charge in [0.1, 0.15) is 5.82 Å². The molecule has 0 radical (unpaired) electrons. The Morgan fingerprint density at radius 2 is 1.86 bits per heavy atom. The van der Waals surface area contributed by atoms with Crippen LogP contribution in [0.5, 0.6) is 0 Å². The molecule has 0 fully saturated rings. The molecule has 0 atom stereocenters. The molecule has 0 saturated heterocycles. The molecular weight excluding hydrogens is 222 g/mol. The molecule has 0 aliphatic carbocycles. The van der Waals surface area contributed by atoms with Crippen LogP contribution in [0.25, 0.3) is 0 Å². The van der Waals surface area contributed by atoms with Crippen molar-refractivity contribution in [3.63, 3.8) is 0 Å². The van der Waals surface area contributed by atoms with Gasteiger partial charge in [-0.05, 0) is 12.1 Å². The van der Waals surface area contributed by atoms with E-state index in [1.54, 1.807) is 0 Å². The Labute approximate surface area is 82.5 Å². The average Bonchev–Trinajstić information content (AvgIpc) is 2.02. The van der Waals surface area contributed by atoms with Crippen molar-refractivity contribution in [3.8, 4) is 0 Å². The molecule has 6 heteroatoms. The molecule has 2 N–H and O–H groups in total. The molecule has 0 aromatic heterocycles. The molecule has 0 saturated carbocycles. The van der Waals surface area contributed by atoms with Crippen molar-refractivity contribution in [2.45, 2.75) is 12.7 Å². The second kappa shape index (κ2) is 3.74. The molecule has 14 heavy (non-hydrogen) atoms. The molecule has 0 unspecified atom stereocenters. The highest BCUT2D eigenvalue weighted by Gasteiger charge is 2.34. The zero-order valence-electron chi connectivity index (χ0n) is 6.83. The van der Waals surface area contributed by atoms with Gasteiger partial charge in [-0.15, -0.1) is 0 Å². The number of hydrogen-bond acceptors (Lipinski definition) is 1. The minimum Gasteiger partial charge on any atom is -0.326 e. The fourth-order valence-corrected chi connectivity index (χ4v) is 1.34. The standard InChI is InChI=1S/C8H6ClF4N/c9-7-4(3-14)6(10)2-1-5(7)8(11,12)13/h1-2H,3,14H2. The van der Waals surface area contributed by atoms with Crippen LogP contribution in [0.15, 0.2) is 12.1 Å². The molecule has 0 amide bonds. The Kier molecular flexibility index (Phi) is 3.01. The van der Waals surface area contributed by atoms with Crippen LogP contribution in [-0.2, 0) is 12.7 Å². The minimum atomic E-state index is -4.59. The summed E-state index contributed by atoms with van der Waals surface area (Å²) in [7, 11) is 0. The highest BCUT2D eigenvalue weighted by Crippen LogP contribution is 2.36. The zero-order valence-corrected chi connectivity index (χ0v) is 7.58. The van der Waals surface area contributed by atoms with Crippen LogP contribution >= 0.6 is 11.6 Å². The summed E-state index contributed by atoms with van der Waals surface area (Å²) in [5.41, 5.74) is 3.69. The molecule has 0 spiro atoms. The van der Waals surface area contributed by atoms with Gasteiger partial charge in [0.05, 0.1) is 10.6 Å². The minimum absolute atomic E-state index is 0.318. The maximum absolute atomic E-state index is 12.9. The van der Waals surface area contributed by atoms with Gasteiger partial charge in [0.15, 0.2) is 0 Å². The number of halogens is 5. The predicted octanol–water partition coefficient (Wildman–Crippen LogP) is 2.96. The van der Waals surface area contributed by atoms with Crippen LogP contribution in [0, 0.1) is 5.82 Å². The molecule has 0 aliphatic rings. The number of benzene rings is 1. The summed E-state index contributed by atoms with van der Waals surface area (Å²) in [6.45, 7) is -0.366. The lowest BCUT2D eigenvalue weighted by Gasteiger charge is -2.11. The quantitative estimate of drug-likeness (QED) is 0.734. The molecular formula is C8H6ClF4N. The molecule has 0 bridgehead atoms. The second-order valence-corrected chi connectivity index (χ2v) is 2.97. The van der Waals surface area contributed by atoms with Crippen molar-refractivity contribution in [1.29, 1.82) is 0 Å². The summed E-state index contributed by atoms with van der Waals surface area (Å²) in [5.74, 6) is -0.828. The van der Waals surface area contributed by atoms with E-state index in [1.807, 2.05) is 0 Å². The normalized spacial score (nSPS) is 11.9. The maximum Gasteiger partial charge on any atom is 0.417 e. The molecule has 78 valence electrons. The van der Waals surface area contributed by atoms with Gasteiger partial charge < -0.3 is 5.73 Å². The van der Waals surface area contributed by atoms with Crippen LogP contribution in [0.3, 0.4) is 0 Å².